The first kappa shape index (κ1) is 12.5. The van der Waals surface area contributed by atoms with E-state index in [2.05, 4.69) is 10.9 Å². The van der Waals surface area contributed by atoms with Crippen LogP contribution in [0.4, 0.5) is 0 Å². The normalized spacial score (nSPS) is 14.7. The lowest BCUT2D eigenvalue weighted by Crippen LogP contribution is -2.08. The van der Waals surface area contributed by atoms with Crippen LogP contribution in [0, 0.1) is 12.3 Å². The predicted octanol–water partition coefficient (Wildman–Crippen LogP) is 2.55. The second kappa shape index (κ2) is 5.11. The van der Waals surface area contributed by atoms with E-state index in [1.165, 1.54) is 11.8 Å². The monoisotopic (exact) mass is 257 g/mol. The van der Waals surface area contributed by atoms with E-state index in [1.54, 1.807) is 30.5 Å². The summed E-state index contributed by atoms with van der Waals surface area (Å²) in [5.74, 6) is 2.18. The highest BCUT2D eigenvalue weighted by Crippen LogP contribution is 2.33. The van der Waals surface area contributed by atoms with Gasteiger partial charge in [-0.05, 0) is 6.26 Å². The fourth-order valence-corrected chi connectivity index (χ4v) is 2.41. The number of ketones is 1. The van der Waals surface area contributed by atoms with Gasteiger partial charge in [0.2, 0.25) is 0 Å². The Hall–Kier alpha value is -1.99. The molecule has 0 heterocycles. The van der Waals surface area contributed by atoms with Gasteiger partial charge in [-0.2, -0.15) is 0 Å². The summed E-state index contributed by atoms with van der Waals surface area (Å²) in [4.78, 5) is 16.3. The van der Waals surface area contributed by atoms with Crippen molar-refractivity contribution in [3.8, 4) is 12.3 Å². The molecule has 0 spiro atoms. The van der Waals surface area contributed by atoms with Gasteiger partial charge in [-0.25, -0.2) is 0 Å². The van der Waals surface area contributed by atoms with Gasteiger partial charge in [0.1, 0.15) is 17.3 Å². The number of carbonyl (C=O) groups is 1. The zero-order valence-electron chi connectivity index (χ0n) is 9.80. The van der Waals surface area contributed by atoms with E-state index in [1.807, 2.05) is 0 Å². The minimum atomic E-state index is -0.201. The third-order valence-electron chi connectivity index (χ3n) is 2.61. The molecule has 18 heavy (non-hydrogen) atoms. The number of terminal acetylenes is 1. The van der Waals surface area contributed by atoms with Crippen LogP contribution < -0.4 is 0 Å². The maximum absolute atomic E-state index is 12.2. The number of aliphatic hydroxyl groups is 1. The fourth-order valence-electron chi connectivity index (χ4n) is 1.83. The quantitative estimate of drug-likeness (QED) is 0.503. The molecule has 0 amide bonds. The summed E-state index contributed by atoms with van der Waals surface area (Å²) in [5.41, 5.74) is 1.31. The van der Waals surface area contributed by atoms with Crippen LogP contribution in [-0.2, 0) is 0 Å². The molecule has 4 heteroatoms. The molecule has 1 aromatic carbocycles. The van der Waals surface area contributed by atoms with Crippen molar-refractivity contribution in [3.63, 3.8) is 0 Å². The fraction of sp³-hybridized carbons (Fsp3) is 0.143. The van der Waals surface area contributed by atoms with E-state index in [9.17, 15) is 9.90 Å². The number of aliphatic hydroxyl groups excluding tert-OH is 1. The van der Waals surface area contributed by atoms with E-state index in [-0.39, 0.29) is 23.7 Å². The van der Waals surface area contributed by atoms with E-state index >= 15 is 0 Å². The van der Waals surface area contributed by atoms with Crippen molar-refractivity contribution < 1.29 is 9.90 Å². The van der Waals surface area contributed by atoms with Crippen molar-refractivity contribution in [2.75, 3.05) is 12.8 Å². The summed E-state index contributed by atoms with van der Waals surface area (Å²) in [6.45, 7) is 0.191. The molecule has 0 saturated carbocycles. The van der Waals surface area contributed by atoms with E-state index in [0.29, 0.717) is 16.2 Å². The topological polar surface area (TPSA) is 49.7 Å². The summed E-state index contributed by atoms with van der Waals surface area (Å²) >= 11 is 1.30. The molecule has 1 N–H and O–H groups in total. The summed E-state index contributed by atoms with van der Waals surface area (Å²) in [6, 6.07) is 6.96. The first-order chi connectivity index (χ1) is 8.70. The molecule has 0 atom stereocenters. The van der Waals surface area contributed by atoms with Crippen LogP contribution in [0.5, 0.6) is 0 Å². The summed E-state index contributed by atoms with van der Waals surface area (Å²) in [6.07, 6.45) is 6.95. The Morgan fingerprint density at radius 1 is 1.44 bits per heavy atom. The van der Waals surface area contributed by atoms with Crippen LogP contribution in [0.3, 0.4) is 0 Å². The number of nitrogens with zero attached hydrogens (tertiary/aromatic N) is 1. The van der Waals surface area contributed by atoms with Crippen LogP contribution in [0.2, 0.25) is 0 Å². The number of carbonyl (C=O) groups excluding carboxylic acids is 1. The lowest BCUT2D eigenvalue weighted by molar-refractivity contribution is 0.104. The van der Waals surface area contributed by atoms with Gasteiger partial charge in [0.15, 0.2) is 5.78 Å². The van der Waals surface area contributed by atoms with Gasteiger partial charge in [-0.15, -0.1) is 18.2 Å². The number of thioether (sulfide) groups is 1. The molecule has 90 valence electrons. The van der Waals surface area contributed by atoms with E-state index < -0.39 is 0 Å². The number of hydrogen-bond donors (Lipinski definition) is 1. The SMILES string of the molecule is C#CCN=C(SC)C1=C(O)c2ccccc2C1=O. The average Bonchev–Trinajstić information content (AvgIpc) is 2.65. The minimum Gasteiger partial charge on any atom is -0.506 e. The molecule has 0 unspecified atom stereocenters. The third kappa shape index (κ3) is 1.93. The highest BCUT2D eigenvalue weighted by Gasteiger charge is 2.32. The Balaban J connectivity index is 2.51. The molecule has 2 rings (SSSR count). The van der Waals surface area contributed by atoms with Crippen molar-refractivity contribution in [1.29, 1.82) is 0 Å². The molecule has 0 fully saturated rings. The lowest BCUT2D eigenvalue weighted by Gasteiger charge is -2.02. The molecular formula is C14H11NO2S. The Kier molecular flexibility index (Phi) is 3.54. The zero-order chi connectivity index (χ0) is 13.1. The van der Waals surface area contributed by atoms with Gasteiger partial charge in [0.25, 0.3) is 0 Å². The first-order valence-electron chi connectivity index (χ1n) is 5.30. The molecular weight excluding hydrogens is 246 g/mol. The van der Waals surface area contributed by atoms with Gasteiger partial charge in [0, 0.05) is 11.1 Å². The molecule has 0 radical (unpaired) electrons. The molecule has 0 bridgehead atoms. The summed E-state index contributed by atoms with van der Waals surface area (Å²) < 4.78 is 0. The van der Waals surface area contributed by atoms with Crippen molar-refractivity contribution in [2.24, 2.45) is 4.99 Å². The Bertz CT molecular complexity index is 608. The maximum atomic E-state index is 12.2. The van der Waals surface area contributed by atoms with Gasteiger partial charge in [-0.3, -0.25) is 9.79 Å². The van der Waals surface area contributed by atoms with Gasteiger partial charge < -0.3 is 5.11 Å². The van der Waals surface area contributed by atoms with E-state index in [4.69, 9.17) is 6.42 Å². The van der Waals surface area contributed by atoms with Crippen molar-refractivity contribution in [2.45, 2.75) is 0 Å². The summed E-state index contributed by atoms with van der Waals surface area (Å²) in [7, 11) is 0. The predicted molar refractivity (Wildman–Crippen MR) is 75.0 cm³/mol. The Labute approximate surface area is 110 Å². The number of hydrogen-bond acceptors (Lipinski definition) is 4. The van der Waals surface area contributed by atoms with Crippen LogP contribution in [-0.4, -0.2) is 28.7 Å². The lowest BCUT2D eigenvalue weighted by atomic mass is 10.1. The molecule has 0 aromatic heterocycles. The molecule has 0 aliphatic heterocycles. The maximum Gasteiger partial charge on any atom is 0.200 e. The molecule has 1 aromatic rings. The summed E-state index contributed by atoms with van der Waals surface area (Å²) in [5, 5.41) is 10.6. The Morgan fingerprint density at radius 3 is 2.67 bits per heavy atom. The van der Waals surface area contributed by atoms with Gasteiger partial charge >= 0.3 is 0 Å². The number of benzene rings is 1. The third-order valence-corrected chi connectivity index (χ3v) is 3.33. The number of aliphatic imine (C=N–C) groups is 1. The molecule has 3 nitrogen and oxygen atoms in total. The largest absolute Gasteiger partial charge is 0.506 e. The van der Waals surface area contributed by atoms with Crippen molar-refractivity contribution >= 4 is 28.3 Å². The molecule has 0 saturated heterocycles. The number of Topliss-reactive ketones (excluding diaryl/α,β-unsaturated/α-hetero) is 1. The van der Waals surface area contributed by atoms with Crippen LogP contribution >= 0.6 is 11.8 Å². The number of rotatable bonds is 2. The second-order valence-electron chi connectivity index (χ2n) is 3.63. The highest BCUT2D eigenvalue weighted by atomic mass is 32.2. The molecule has 1 aliphatic rings. The van der Waals surface area contributed by atoms with E-state index in [0.717, 1.165) is 0 Å². The zero-order valence-corrected chi connectivity index (χ0v) is 10.6. The van der Waals surface area contributed by atoms with Crippen LogP contribution in [0.1, 0.15) is 15.9 Å². The molecule has 1 aliphatic carbocycles. The highest BCUT2D eigenvalue weighted by molar-refractivity contribution is 8.14. The Morgan fingerprint density at radius 2 is 2.11 bits per heavy atom. The van der Waals surface area contributed by atoms with Crippen molar-refractivity contribution in [3.05, 3.63) is 41.0 Å². The van der Waals surface area contributed by atoms with Gasteiger partial charge in [-0.1, -0.05) is 30.2 Å². The van der Waals surface area contributed by atoms with Gasteiger partial charge in [0.05, 0.1) is 5.57 Å². The standard InChI is InChI=1S/C14H11NO2S/c1-3-8-15-14(18-2)11-12(16)9-6-4-5-7-10(9)13(11)17/h1,4-7,16H,8H2,2H3. The average molecular weight is 257 g/mol. The van der Waals surface area contributed by atoms with Crippen LogP contribution in [0.25, 0.3) is 5.76 Å². The van der Waals surface area contributed by atoms with Crippen LogP contribution in [0.15, 0.2) is 34.8 Å². The minimum absolute atomic E-state index is 0.0132. The number of fused-ring (bicyclic) bond motifs is 1. The smallest absolute Gasteiger partial charge is 0.200 e. The first-order valence-corrected chi connectivity index (χ1v) is 6.52. The van der Waals surface area contributed by atoms with Crippen molar-refractivity contribution in [1.82, 2.24) is 0 Å². The second-order valence-corrected chi connectivity index (χ2v) is 4.42.